The summed E-state index contributed by atoms with van der Waals surface area (Å²) in [6.45, 7) is 8.95. The molecule has 1 saturated heterocycles. The van der Waals surface area contributed by atoms with E-state index in [2.05, 4.69) is 0 Å². The maximum atomic E-state index is 12.6. The van der Waals surface area contributed by atoms with Crippen molar-refractivity contribution >= 4 is 17.7 Å². The number of carbonyl (C=O) groups excluding carboxylic acids is 1. The number of carbonyl (C=O) groups is 1. The van der Waals surface area contributed by atoms with E-state index in [1.807, 2.05) is 52.0 Å². The van der Waals surface area contributed by atoms with E-state index in [0.717, 1.165) is 18.4 Å². The number of rotatable bonds is 7. The predicted octanol–water partition coefficient (Wildman–Crippen LogP) is 5.05. The zero-order valence-electron chi connectivity index (χ0n) is 18.4. The number of nitrogens with zero attached hydrogens (tertiary/aromatic N) is 1. The van der Waals surface area contributed by atoms with E-state index in [1.165, 1.54) is 0 Å². The first-order valence-electron chi connectivity index (χ1n) is 10.0. The molecule has 0 bridgehead atoms. The molecule has 2 rings (SSSR count). The Morgan fingerprint density at radius 3 is 2.52 bits per heavy atom. The normalized spacial score (nSPS) is 19.1. The van der Waals surface area contributed by atoms with E-state index >= 15 is 0 Å². The van der Waals surface area contributed by atoms with Crippen LogP contribution in [0.3, 0.4) is 0 Å². The first kappa shape index (κ1) is 23.9. The van der Waals surface area contributed by atoms with E-state index in [1.54, 1.807) is 19.1 Å². The summed E-state index contributed by atoms with van der Waals surface area (Å²) in [5.41, 5.74) is 0.453. The molecule has 2 atom stereocenters. The molecule has 1 heterocycles. The summed E-state index contributed by atoms with van der Waals surface area (Å²) in [6, 6.07) is 7.66. The van der Waals surface area contributed by atoms with Crippen molar-refractivity contribution in [1.29, 1.82) is 0 Å². The lowest BCUT2D eigenvalue weighted by molar-refractivity contribution is -0.234. The molecule has 0 unspecified atom stereocenters. The summed E-state index contributed by atoms with van der Waals surface area (Å²) in [5.74, 6) is -0.746. The standard InChI is InChI=1S/C22H34ClNO5/c1-21(2,3)29-20(25)24-12-8-10-17(14-24)19(16-9-7-11-18(23)13-16)28-15-22(4,26-5)27-6/h7,9,11,13,17,19H,8,10,12,14-15H2,1-6H3/t17-,19+/m1/s1. The summed E-state index contributed by atoms with van der Waals surface area (Å²) in [5, 5.41) is 0.650. The average molecular weight is 428 g/mol. The van der Waals surface area contributed by atoms with Gasteiger partial charge < -0.3 is 23.8 Å². The van der Waals surface area contributed by atoms with Crippen LogP contribution < -0.4 is 0 Å². The molecule has 1 fully saturated rings. The lowest BCUT2D eigenvalue weighted by Crippen LogP contribution is -2.45. The quantitative estimate of drug-likeness (QED) is 0.569. The van der Waals surface area contributed by atoms with Crippen molar-refractivity contribution in [3.63, 3.8) is 0 Å². The minimum atomic E-state index is -0.851. The van der Waals surface area contributed by atoms with Crippen LogP contribution in [0.5, 0.6) is 0 Å². The van der Waals surface area contributed by atoms with Crippen LogP contribution in [0.25, 0.3) is 0 Å². The summed E-state index contributed by atoms with van der Waals surface area (Å²) >= 11 is 6.23. The molecule has 1 aromatic rings. The van der Waals surface area contributed by atoms with Gasteiger partial charge >= 0.3 is 6.09 Å². The van der Waals surface area contributed by atoms with Crippen LogP contribution >= 0.6 is 11.6 Å². The minimum absolute atomic E-state index is 0.104. The Morgan fingerprint density at radius 1 is 1.24 bits per heavy atom. The Kier molecular flexibility index (Phi) is 8.35. The third kappa shape index (κ3) is 7.14. The Morgan fingerprint density at radius 2 is 1.93 bits per heavy atom. The van der Waals surface area contributed by atoms with Crippen LogP contribution in [0, 0.1) is 5.92 Å². The number of hydrogen-bond acceptors (Lipinski definition) is 5. The van der Waals surface area contributed by atoms with Crippen LogP contribution in [0.15, 0.2) is 24.3 Å². The zero-order valence-corrected chi connectivity index (χ0v) is 19.1. The van der Waals surface area contributed by atoms with Gasteiger partial charge in [-0.05, 0) is 58.2 Å². The number of hydrogen-bond donors (Lipinski definition) is 0. The molecule has 0 aliphatic carbocycles. The molecular formula is C22H34ClNO5. The van der Waals surface area contributed by atoms with Crippen molar-refractivity contribution in [2.24, 2.45) is 5.92 Å². The van der Waals surface area contributed by atoms with Gasteiger partial charge in [-0.3, -0.25) is 0 Å². The van der Waals surface area contributed by atoms with Gasteiger partial charge in [-0.15, -0.1) is 0 Å². The zero-order chi connectivity index (χ0) is 21.7. The Bertz CT molecular complexity index is 671. The molecule has 1 aliphatic heterocycles. The molecule has 0 aromatic heterocycles. The first-order chi connectivity index (χ1) is 13.6. The number of piperidine rings is 1. The third-order valence-corrected chi connectivity index (χ3v) is 5.34. The number of benzene rings is 1. The van der Waals surface area contributed by atoms with Crippen LogP contribution in [-0.4, -0.2) is 56.3 Å². The second-order valence-electron chi connectivity index (χ2n) is 8.66. The highest BCUT2D eigenvalue weighted by Gasteiger charge is 2.35. The molecule has 0 spiro atoms. The van der Waals surface area contributed by atoms with Gasteiger partial charge in [-0.25, -0.2) is 4.79 Å². The van der Waals surface area contributed by atoms with Gasteiger partial charge in [-0.1, -0.05) is 23.7 Å². The van der Waals surface area contributed by atoms with Gasteiger partial charge in [0.1, 0.15) is 12.2 Å². The predicted molar refractivity (Wildman–Crippen MR) is 113 cm³/mol. The van der Waals surface area contributed by atoms with Crippen molar-refractivity contribution in [1.82, 2.24) is 4.90 Å². The minimum Gasteiger partial charge on any atom is -0.444 e. The monoisotopic (exact) mass is 427 g/mol. The van der Waals surface area contributed by atoms with Crippen molar-refractivity contribution in [3.05, 3.63) is 34.9 Å². The highest BCUT2D eigenvalue weighted by Crippen LogP contribution is 2.35. The number of amides is 1. The summed E-state index contributed by atoms with van der Waals surface area (Å²) in [4.78, 5) is 14.4. The number of methoxy groups -OCH3 is 2. The second kappa shape index (κ2) is 10.1. The summed E-state index contributed by atoms with van der Waals surface area (Å²) in [6.07, 6.45) is 1.29. The molecule has 0 radical (unpaired) electrons. The SMILES string of the molecule is COC(C)(CO[C@@H](c1cccc(Cl)c1)[C@@H]1CCCN(C(=O)OC(C)(C)C)C1)OC. The molecule has 0 N–H and O–H groups in total. The van der Waals surface area contributed by atoms with E-state index in [4.69, 9.17) is 30.5 Å². The number of ether oxygens (including phenoxy) is 4. The molecule has 164 valence electrons. The molecule has 6 nitrogen and oxygen atoms in total. The fraction of sp³-hybridized carbons (Fsp3) is 0.682. The molecule has 29 heavy (non-hydrogen) atoms. The molecule has 0 saturated carbocycles. The smallest absolute Gasteiger partial charge is 0.410 e. The fourth-order valence-corrected chi connectivity index (χ4v) is 3.58. The van der Waals surface area contributed by atoms with Gasteiger partial charge in [0, 0.05) is 38.2 Å². The summed E-state index contributed by atoms with van der Waals surface area (Å²) < 4.78 is 22.8. The van der Waals surface area contributed by atoms with Crippen molar-refractivity contribution in [3.8, 4) is 0 Å². The third-order valence-electron chi connectivity index (χ3n) is 5.10. The van der Waals surface area contributed by atoms with Crippen molar-refractivity contribution in [2.75, 3.05) is 33.9 Å². The number of likely N-dealkylation sites (tertiary alicyclic amines) is 1. The lowest BCUT2D eigenvalue weighted by Gasteiger charge is -2.38. The molecule has 1 amide bonds. The second-order valence-corrected chi connectivity index (χ2v) is 9.09. The maximum Gasteiger partial charge on any atom is 0.410 e. The van der Waals surface area contributed by atoms with E-state index in [0.29, 0.717) is 18.1 Å². The first-order valence-corrected chi connectivity index (χ1v) is 10.4. The van der Waals surface area contributed by atoms with E-state index in [-0.39, 0.29) is 24.7 Å². The molecular weight excluding hydrogens is 394 g/mol. The van der Waals surface area contributed by atoms with Gasteiger partial charge in [0.25, 0.3) is 0 Å². The van der Waals surface area contributed by atoms with E-state index in [9.17, 15) is 4.79 Å². The van der Waals surface area contributed by atoms with Crippen LogP contribution in [0.4, 0.5) is 4.79 Å². The van der Waals surface area contributed by atoms with Gasteiger partial charge in [0.2, 0.25) is 0 Å². The van der Waals surface area contributed by atoms with Crippen molar-refractivity contribution < 1.29 is 23.7 Å². The number of halogens is 1. The Labute approximate surface area is 179 Å². The van der Waals surface area contributed by atoms with Gasteiger partial charge in [0.15, 0.2) is 5.79 Å². The Hall–Kier alpha value is -1.34. The van der Waals surface area contributed by atoms with Gasteiger partial charge in [0.05, 0.1) is 6.10 Å². The van der Waals surface area contributed by atoms with Crippen LogP contribution in [0.1, 0.15) is 52.2 Å². The average Bonchev–Trinajstić information content (AvgIpc) is 2.67. The largest absolute Gasteiger partial charge is 0.444 e. The lowest BCUT2D eigenvalue weighted by atomic mass is 9.88. The summed E-state index contributed by atoms with van der Waals surface area (Å²) in [7, 11) is 3.18. The topological polar surface area (TPSA) is 57.2 Å². The molecule has 1 aliphatic rings. The molecule has 1 aromatic carbocycles. The Balaban J connectivity index is 2.20. The van der Waals surface area contributed by atoms with E-state index < -0.39 is 11.4 Å². The maximum absolute atomic E-state index is 12.6. The van der Waals surface area contributed by atoms with Gasteiger partial charge in [-0.2, -0.15) is 0 Å². The van der Waals surface area contributed by atoms with Crippen LogP contribution in [-0.2, 0) is 18.9 Å². The fourth-order valence-electron chi connectivity index (χ4n) is 3.38. The van der Waals surface area contributed by atoms with Crippen LogP contribution in [0.2, 0.25) is 5.02 Å². The highest BCUT2D eigenvalue weighted by atomic mass is 35.5. The van der Waals surface area contributed by atoms with Crippen molar-refractivity contribution in [2.45, 2.75) is 58.0 Å². The molecule has 7 heteroatoms. The highest BCUT2D eigenvalue weighted by molar-refractivity contribution is 6.30.